The van der Waals surface area contributed by atoms with Crippen LogP contribution in [0.1, 0.15) is 23.4 Å². The van der Waals surface area contributed by atoms with Crippen LogP contribution in [-0.2, 0) is 11.3 Å². The fraction of sp³-hybridized carbons (Fsp3) is 0.222. The standard InChI is InChI=1S/C27H29N5O2S/c1-19-13-14-22(20(2)17-19)29-26(33)15-16-35-27-31-30-25(32(27)21-9-5-4-6-10-21)18-28-23-11-7-8-12-24(23)34-3/h4-14,17,28H,15-16,18H2,1-3H3,(H,29,33). The van der Waals surface area contributed by atoms with Crippen molar-refractivity contribution in [3.05, 3.63) is 89.7 Å². The number of amides is 1. The molecular weight excluding hydrogens is 458 g/mol. The molecule has 1 aromatic heterocycles. The number of hydrogen-bond acceptors (Lipinski definition) is 6. The molecule has 0 saturated carbocycles. The number of carbonyl (C=O) groups excluding carboxylic acids is 1. The van der Waals surface area contributed by atoms with Gasteiger partial charge in [0, 0.05) is 23.5 Å². The van der Waals surface area contributed by atoms with Crippen molar-refractivity contribution in [1.29, 1.82) is 0 Å². The zero-order valence-corrected chi connectivity index (χ0v) is 20.9. The van der Waals surface area contributed by atoms with E-state index in [1.54, 1.807) is 7.11 Å². The predicted octanol–water partition coefficient (Wildman–Crippen LogP) is 5.63. The number of carbonyl (C=O) groups is 1. The topological polar surface area (TPSA) is 81.1 Å². The Kier molecular flexibility index (Phi) is 8.05. The van der Waals surface area contributed by atoms with Crippen LogP contribution in [0.25, 0.3) is 5.69 Å². The van der Waals surface area contributed by atoms with Crippen molar-refractivity contribution in [3.63, 3.8) is 0 Å². The molecule has 2 N–H and O–H groups in total. The van der Waals surface area contributed by atoms with Crippen molar-refractivity contribution in [2.24, 2.45) is 0 Å². The first-order valence-corrected chi connectivity index (χ1v) is 12.4. The first kappa shape index (κ1) is 24.3. The lowest BCUT2D eigenvalue weighted by Gasteiger charge is -2.13. The molecule has 4 aromatic rings. The maximum Gasteiger partial charge on any atom is 0.225 e. The van der Waals surface area contributed by atoms with E-state index in [-0.39, 0.29) is 5.91 Å². The minimum absolute atomic E-state index is 0.0201. The van der Waals surface area contributed by atoms with Gasteiger partial charge in [0.05, 0.1) is 19.3 Å². The minimum atomic E-state index is -0.0201. The number of anilines is 2. The van der Waals surface area contributed by atoms with E-state index in [1.807, 2.05) is 85.1 Å². The molecule has 35 heavy (non-hydrogen) atoms. The number of nitrogens with zero attached hydrogens (tertiary/aromatic N) is 3. The van der Waals surface area contributed by atoms with E-state index in [4.69, 9.17) is 4.74 Å². The smallest absolute Gasteiger partial charge is 0.225 e. The van der Waals surface area contributed by atoms with Gasteiger partial charge in [0.25, 0.3) is 0 Å². The highest BCUT2D eigenvalue weighted by Gasteiger charge is 2.16. The minimum Gasteiger partial charge on any atom is -0.495 e. The second kappa shape index (κ2) is 11.6. The van der Waals surface area contributed by atoms with Gasteiger partial charge in [-0.3, -0.25) is 9.36 Å². The molecule has 0 spiro atoms. The average molecular weight is 488 g/mol. The van der Waals surface area contributed by atoms with Gasteiger partial charge in [0.2, 0.25) is 5.91 Å². The Labute approximate surface area is 209 Å². The molecule has 0 unspecified atom stereocenters. The third-order valence-corrected chi connectivity index (χ3v) is 6.41. The van der Waals surface area contributed by atoms with Gasteiger partial charge < -0.3 is 15.4 Å². The van der Waals surface area contributed by atoms with Crippen molar-refractivity contribution in [2.45, 2.75) is 32.0 Å². The van der Waals surface area contributed by atoms with Gasteiger partial charge in [-0.2, -0.15) is 0 Å². The summed E-state index contributed by atoms with van der Waals surface area (Å²) in [5.41, 5.74) is 4.93. The summed E-state index contributed by atoms with van der Waals surface area (Å²) in [5.74, 6) is 2.10. The maximum absolute atomic E-state index is 12.5. The molecule has 8 heteroatoms. The molecule has 0 aliphatic carbocycles. The highest BCUT2D eigenvalue weighted by molar-refractivity contribution is 7.99. The summed E-state index contributed by atoms with van der Waals surface area (Å²) in [4.78, 5) is 12.5. The Morgan fingerprint density at radius 3 is 2.51 bits per heavy atom. The monoisotopic (exact) mass is 487 g/mol. The summed E-state index contributed by atoms with van der Waals surface area (Å²) in [7, 11) is 1.65. The van der Waals surface area contributed by atoms with Crippen molar-refractivity contribution >= 4 is 29.0 Å². The van der Waals surface area contributed by atoms with Gasteiger partial charge >= 0.3 is 0 Å². The summed E-state index contributed by atoms with van der Waals surface area (Å²) < 4.78 is 7.46. The SMILES string of the molecule is COc1ccccc1NCc1nnc(SCCC(=O)Nc2ccc(C)cc2C)n1-c1ccccc1. The molecule has 180 valence electrons. The normalized spacial score (nSPS) is 10.7. The molecule has 0 aliphatic rings. The van der Waals surface area contributed by atoms with Crippen LogP contribution < -0.4 is 15.4 Å². The number of aryl methyl sites for hydroxylation is 2. The summed E-state index contributed by atoms with van der Waals surface area (Å²) in [6.45, 7) is 4.51. The quantitative estimate of drug-likeness (QED) is 0.282. The van der Waals surface area contributed by atoms with Crippen LogP contribution in [0.2, 0.25) is 0 Å². The summed E-state index contributed by atoms with van der Waals surface area (Å²) in [6, 6.07) is 23.8. The zero-order valence-electron chi connectivity index (χ0n) is 20.1. The predicted molar refractivity (Wildman–Crippen MR) is 142 cm³/mol. The van der Waals surface area contributed by atoms with Crippen LogP contribution >= 0.6 is 11.8 Å². The summed E-state index contributed by atoms with van der Waals surface area (Å²) in [5, 5.41) is 16.0. The zero-order chi connectivity index (χ0) is 24.6. The largest absolute Gasteiger partial charge is 0.495 e. The lowest BCUT2D eigenvalue weighted by atomic mass is 10.1. The molecule has 1 amide bonds. The van der Waals surface area contributed by atoms with Gasteiger partial charge in [-0.25, -0.2) is 0 Å². The van der Waals surface area contributed by atoms with E-state index in [9.17, 15) is 4.79 Å². The third-order valence-electron chi connectivity index (χ3n) is 5.47. The van der Waals surface area contributed by atoms with Gasteiger partial charge in [-0.15, -0.1) is 10.2 Å². The van der Waals surface area contributed by atoms with Gasteiger partial charge in [-0.05, 0) is 49.7 Å². The highest BCUT2D eigenvalue weighted by Crippen LogP contribution is 2.26. The lowest BCUT2D eigenvalue weighted by Crippen LogP contribution is -2.13. The average Bonchev–Trinajstić information content (AvgIpc) is 3.27. The fourth-order valence-corrected chi connectivity index (χ4v) is 4.62. The number of para-hydroxylation sites is 3. The number of methoxy groups -OCH3 is 1. The van der Waals surface area contributed by atoms with Crippen LogP contribution in [0, 0.1) is 13.8 Å². The second-order valence-electron chi connectivity index (χ2n) is 8.09. The van der Waals surface area contributed by atoms with Crippen LogP contribution in [0.3, 0.4) is 0 Å². The molecule has 4 rings (SSSR count). The highest BCUT2D eigenvalue weighted by atomic mass is 32.2. The first-order valence-electron chi connectivity index (χ1n) is 11.4. The first-order chi connectivity index (χ1) is 17.0. The number of ether oxygens (including phenoxy) is 1. The number of aromatic nitrogens is 3. The molecule has 1 heterocycles. The second-order valence-corrected chi connectivity index (χ2v) is 9.15. The molecule has 0 aliphatic heterocycles. The van der Waals surface area contributed by atoms with Crippen LogP contribution in [0.4, 0.5) is 11.4 Å². The number of rotatable bonds is 10. The van der Waals surface area contributed by atoms with E-state index in [2.05, 4.69) is 26.9 Å². The summed E-state index contributed by atoms with van der Waals surface area (Å²) >= 11 is 1.51. The number of benzene rings is 3. The van der Waals surface area contributed by atoms with Crippen molar-refractivity contribution in [2.75, 3.05) is 23.5 Å². The molecule has 0 fully saturated rings. The molecule has 0 saturated heterocycles. The Bertz CT molecular complexity index is 1290. The Morgan fingerprint density at radius 1 is 0.971 bits per heavy atom. The van der Waals surface area contributed by atoms with Crippen LogP contribution in [0.5, 0.6) is 5.75 Å². The van der Waals surface area contributed by atoms with E-state index in [0.29, 0.717) is 18.7 Å². The number of hydrogen-bond donors (Lipinski definition) is 2. The summed E-state index contributed by atoms with van der Waals surface area (Å²) in [6.07, 6.45) is 0.369. The van der Waals surface area contributed by atoms with Crippen molar-refractivity contribution < 1.29 is 9.53 Å². The number of thioether (sulfide) groups is 1. The van der Waals surface area contributed by atoms with E-state index >= 15 is 0 Å². The fourth-order valence-electron chi connectivity index (χ4n) is 3.71. The molecule has 0 bridgehead atoms. The van der Waals surface area contributed by atoms with Gasteiger partial charge in [0.1, 0.15) is 5.75 Å². The van der Waals surface area contributed by atoms with Gasteiger partial charge in [-0.1, -0.05) is 59.8 Å². The third kappa shape index (κ3) is 6.22. The van der Waals surface area contributed by atoms with Crippen molar-refractivity contribution in [1.82, 2.24) is 14.8 Å². The van der Waals surface area contributed by atoms with E-state index in [0.717, 1.165) is 39.4 Å². The van der Waals surface area contributed by atoms with Crippen molar-refractivity contribution in [3.8, 4) is 11.4 Å². The maximum atomic E-state index is 12.5. The molecule has 0 atom stereocenters. The lowest BCUT2D eigenvalue weighted by molar-refractivity contribution is -0.115. The van der Waals surface area contributed by atoms with E-state index in [1.165, 1.54) is 17.3 Å². The Morgan fingerprint density at radius 2 is 1.74 bits per heavy atom. The Hall–Kier alpha value is -3.78. The van der Waals surface area contributed by atoms with Crippen LogP contribution in [-0.4, -0.2) is 33.5 Å². The molecule has 0 radical (unpaired) electrons. The molecular formula is C27H29N5O2S. The Balaban J connectivity index is 1.44. The molecule has 7 nitrogen and oxygen atoms in total. The number of nitrogens with one attached hydrogen (secondary N) is 2. The van der Waals surface area contributed by atoms with E-state index < -0.39 is 0 Å². The van der Waals surface area contributed by atoms with Crippen LogP contribution in [0.15, 0.2) is 78.0 Å². The van der Waals surface area contributed by atoms with Gasteiger partial charge in [0.15, 0.2) is 11.0 Å². The molecule has 3 aromatic carbocycles.